The average Bonchev–Trinajstić information content (AvgIpc) is 1.83. The highest BCUT2D eigenvalue weighted by atomic mass is 16.1. The van der Waals surface area contributed by atoms with Crippen LogP contribution in [0.25, 0.3) is 0 Å². The molecular weight excluding hydrogens is 114 g/mol. The molecule has 54 valence electrons. The molecule has 1 atom stereocenters. The number of nitrogens with one attached hydrogen (secondary N) is 1. The zero-order valence-corrected chi connectivity index (χ0v) is 6.40. The van der Waals surface area contributed by atoms with E-state index in [4.69, 9.17) is 0 Å². The molecule has 0 saturated heterocycles. The predicted molar refractivity (Wildman–Crippen MR) is 38.1 cm³/mol. The van der Waals surface area contributed by atoms with Gasteiger partial charge in [-0.3, -0.25) is 4.79 Å². The molecule has 2 heteroatoms. The minimum Gasteiger partial charge on any atom is -0.356 e. The zero-order valence-electron chi connectivity index (χ0n) is 6.40. The van der Waals surface area contributed by atoms with Gasteiger partial charge in [0.05, 0.1) is 0 Å². The highest BCUT2D eigenvalue weighted by Gasteiger charge is 1.97. The SMILES string of the molecule is CC[C@H](C)CNC(C)=O. The lowest BCUT2D eigenvalue weighted by atomic mass is 10.1. The van der Waals surface area contributed by atoms with Crippen LogP contribution in [0.1, 0.15) is 27.2 Å². The van der Waals surface area contributed by atoms with Crippen LogP contribution in [-0.2, 0) is 4.79 Å². The van der Waals surface area contributed by atoms with Crippen molar-refractivity contribution in [3.05, 3.63) is 0 Å². The van der Waals surface area contributed by atoms with E-state index >= 15 is 0 Å². The largest absolute Gasteiger partial charge is 0.356 e. The molecule has 0 aromatic heterocycles. The summed E-state index contributed by atoms with van der Waals surface area (Å²) in [5, 5.41) is 2.76. The smallest absolute Gasteiger partial charge is 0.216 e. The summed E-state index contributed by atoms with van der Waals surface area (Å²) in [6.45, 7) is 6.59. The molecule has 9 heavy (non-hydrogen) atoms. The van der Waals surface area contributed by atoms with Crippen molar-refractivity contribution in [2.75, 3.05) is 6.54 Å². The average molecular weight is 129 g/mol. The molecule has 1 N–H and O–H groups in total. The molecule has 0 aromatic rings. The van der Waals surface area contributed by atoms with Crippen molar-refractivity contribution in [2.45, 2.75) is 27.2 Å². The maximum absolute atomic E-state index is 10.4. The Balaban J connectivity index is 3.16. The number of carbonyl (C=O) groups is 1. The Morgan fingerprint density at radius 3 is 2.56 bits per heavy atom. The Morgan fingerprint density at radius 1 is 1.67 bits per heavy atom. The lowest BCUT2D eigenvalue weighted by Crippen LogP contribution is -2.25. The highest BCUT2D eigenvalue weighted by Crippen LogP contribution is 1.96. The predicted octanol–water partition coefficient (Wildman–Crippen LogP) is 1.17. The lowest BCUT2D eigenvalue weighted by molar-refractivity contribution is -0.119. The first-order valence-electron chi connectivity index (χ1n) is 3.41. The summed E-state index contributed by atoms with van der Waals surface area (Å²) in [4.78, 5) is 10.4. The van der Waals surface area contributed by atoms with Crippen molar-refractivity contribution in [1.29, 1.82) is 0 Å². The summed E-state index contributed by atoms with van der Waals surface area (Å²) in [7, 11) is 0. The quantitative estimate of drug-likeness (QED) is 0.609. The third-order valence-electron chi connectivity index (χ3n) is 1.40. The standard InChI is InChI=1S/C7H15NO/c1-4-6(2)5-8-7(3)9/h6H,4-5H2,1-3H3,(H,8,9)/t6-/m0/s1. The summed E-state index contributed by atoms with van der Waals surface area (Å²) in [5.41, 5.74) is 0. The minimum atomic E-state index is 0.0651. The van der Waals surface area contributed by atoms with Crippen molar-refractivity contribution in [1.82, 2.24) is 5.32 Å². The van der Waals surface area contributed by atoms with Crippen LogP contribution >= 0.6 is 0 Å². The number of hydrogen-bond donors (Lipinski definition) is 1. The van der Waals surface area contributed by atoms with E-state index in [9.17, 15) is 4.79 Å². The van der Waals surface area contributed by atoms with Crippen LogP contribution in [0.2, 0.25) is 0 Å². The van der Waals surface area contributed by atoms with Gasteiger partial charge >= 0.3 is 0 Å². The van der Waals surface area contributed by atoms with E-state index < -0.39 is 0 Å². The van der Waals surface area contributed by atoms with E-state index in [0.29, 0.717) is 5.92 Å². The Bertz CT molecular complexity index is 90.9. The fourth-order valence-corrected chi connectivity index (χ4v) is 0.462. The summed E-state index contributed by atoms with van der Waals surface area (Å²) < 4.78 is 0. The molecule has 0 saturated carbocycles. The Morgan fingerprint density at radius 2 is 2.22 bits per heavy atom. The molecule has 2 nitrogen and oxygen atoms in total. The van der Waals surface area contributed by atoms with Gasteiger partial charge in [-0.2, -0.15) is 0 Å². The fraction of sp³-hybridized carbons (Fsp3) is 0.857. The zero-order chi connectivity index (χ0) is 7.28. The molecule has 0 heterocycles. The van der Waals surface area contributed by atoms with Crippen LogP contribution in [0.15, 0.2) is 0 Å². The lowest BCUT2D eigenvalue weighted by Gasteiger charge is -2.07. The molecule has 0 spiro atoms. The summed E-state index contributed by atoms with van der Waals surface area (Å²) in [5.74, 6) is 0.671. The van der Waals surface area contributed by atoms with Gasteiger partial charge in [0.2, 0.25) is 5.91 Å². The maximum Gasteiger partial charge on any atom is 0.216 e. The normalized spacial score (nSPS) is 12.8. The topological polar surface area (TPSA) is 29.1 Å². The van der Waals surface area contributed by atoms with E-state index in [1.807, 2.05) is 0 Å². The van der Waals surface area contributed by atoms with Crippen molar-refractivity contribution in [3.8, 4) is 0 Å². The van der Waals surface area contributed by atoms with Gasteiger partial charge in [0.1, 0.15) is 0 Å². The van der Waals surface area contributed by atoms with Crippen LogP contribution < -0.4 is 5.32 Å². The highest BCUT2D eigenvalue weighted by molar-refractivity contribution is 5.72. The first-order chi connectivity index (χ1) is 4.16. The summed E-state index contributed by atoms with van der Waals surface area (Å²) in [6.07, 6.45) is 1.13. The van der Waals surface area contributed by atoms with Gasteiger partial charge in [0, 0.05) is 13.5 Å². The van der Waals surface area contributed by atoms with Crippen LogP contribution in [0.3, 0.4) is 0 Å². The van der Waals surface area contributed by atoms with Crippen molar-refractivity contribution >= 4 is 5.91 Å². The van der Waals surface area contributed by atoms with E-state index in [2.05, 4.69) is 19.2 Å². The van der Waals surface area contributed by atoms with Gasteiger partial charge in [0.25, 0.3) is 0 Å². The monoisotopic (exact) mass is 129 g/mol. The Kier molecular flexibility index (Phi) is 4.10. The molecule has 1 amide bonds. The Hall–Kier alpha value is -0.530. The van der Waals surface area contributed by atoms with E-state index in [-0.39, 0.29) is 5.91 Å². The van der Waals surface area contributed by atoms with E-state index in [1.165, 1.54) is 0 Å². The van der Waals surface area contributed by atoms with Crippen molar-refractivity contribution in [3.63, 3.8) is 0 Å². The van der Waals surface area contributed by atoms with E-state index in [0.717, 1.165) is 13.0 Å². The third-order valence-corrected chi connectivity index (χ3v) is 1.40. The van der Waals surface area contributed by atoms with Gasteiger partial charge in [0.15, 0.2) is 0 Å². The van der Waals surface area contributed by atoms with Crippen LogP contribution in [0.4, 0.5) is 0 Å². The Labute approximate surface area is 56.6 Å². The maximum atomic E-state index is 10.4. The van der Waals surface area contributed by atoms with Gasteiger partial charge in [-0.25, -0.2) is 0 Å². The van der Waals surface area contributed by atoms with Gasteiger partial charge in [-0.15, -0.1) is 0 Å². The minimum absolute atomic E-state index is 0.0651. The van der Waals surface area contributed by atoms with Gasteiger partial charge < -0.3 is 5.32 Å². The fourth-order valence-electron chi connectivity index (χ4n) is 0.462. The molecular formula is C7H15NO. The van der Waals surface area contributed by atoms with Gasteiger partial charge in [-0.1, -0.05) is 20.3 Å². The number of amides is 1. The molecule has 0 unspecified atom stereocenters. The van der Waals surface area contributed by atoms with Gasteiger partial charge in [-0.05, 0) is 5.92 Å². The summed E-state index contributed by atoms with van der Waals surface area (Å²) >= 11 is 0. The molecule has 0 aliphatic carbocycles. The number of hydrogen-bond acceptors (Lipinski definition) is 1. The molecule has 0 fully saturated rings. The van der Waals surface area contributed by atoms with Crippen LogP contribution in [0, 0.1) is 5.92 Å². The molecule has 0 radical (unpaired) electrons. The molecule has 0 bridgehead atoms. The molecule has 0 aliphatic heterocycles. The second kappa shape index (κ2) is 4.36. The second-order valence-electron chi connectivity index (χ2n) is 2.45. The van der Waals surface area contributed by atoms with Crippen molar-refractivity contribution < 1.29 is 4.79 Å². The third kappa shape index (κ3) is 5.34. The van der Waals surface area contributed by atoms with Crippen molar-refractivity contribution in [2.24, 2.45) is 5.92 Å². The first-order valence-corrected chi connectivity index (χ1v) is 3.41. The second-order valence-corrected chi connectivity index (χ2v) is 2.45. The number of carbonyl (C=O) groups excluding carboxylic acids is 1. The first kappa shape index (κ1) is 8.47. The number of rotatable bonds is 3. The molecule has 0 rings (SSSR count). The molecule has 0 aliphatic rings. The van der Waals surface area contributed by atoms with E-state index in [1.54, 1.807) is 6.92 Å². The summed E-state index contributed by atoms with van der Waals surface area (Å²) in [6, 6.07) is 0. The molecule has 0 aromatic carbocycles. The van der Waals surface area contributed by atoms with Crippen LogP contribution in [0.5, 0.6) is 0 Å². The van der Waals surface area contributed by atoms with Crippen LogP contribution in [-0.4, -0.2) is 12.5 Å².